The van der Waals surface area contributed by atoms with E-state index in [0.717, 1.165) is 59.0 Å². The number of H-pyrrole nitrogens is 2. The zero-order valence-corrected chi connectivity index (χ0v) is 19.3. The van der Waals surface area contributed by atoms with E-state index in [0.29, 0.717) is 17.4 Å². The van der Waals surface area contributed by atoms with Gasteiger partial charge < -0.3 is 20.3 Å². The normalized spacial score (nSPS) is 14.1. The van der Waals surface area contributed by atoms with Gasteiger partial charge in [-0.05, 0) is 48.7 Å². The maximum absolute atomic E-state index is 5.45. The van der Waals surface area contributed by atoms with E-state index in [9.17, 15) is 0 Å². The van der Waals surface area contributed by atoms with Gasteiger partial charge in [0.25, 0.3) is 0 Å². The van der Waals surface area contributed by atoms with Gasteiger partial charge >= 0.3 is 0 Å². The first kappa shape index (κ1) is 20.8. The molecule has 4 heterocycles. The van der Waals surface area contributed by atoms with Crippen LogP contribution in [0.1, 0.15) is 0 Å². The molecule has 10 nitrogen and oxygen atoms in total. The standard InChI is InChI=1S/C23H23N9OS/c1-34-22-19-20(25-16-3-2-14-13-24-29-18(14)12-16)27-23(28-21(19)30-31-22)26-15-4-6-17(7-5-15)32-8-10-33-11-9-32/h2-7,12-13H,8-11H2,1H3,(H,24,29)(H3,25,26,27,28,30,31). The molecule has 2 aromatic carbocycles. The summed E-state index contributed by atoms with van der Waals surface area (Å²) < 4.78 is 5.45. The quantitative estimate of drug-likeness (QED) is 0.268. The highest BCUT2D eigenvalue weighted by atomic mass is 32.2. The second-order valence-corrected chi connectivity index (χ2v) is 8.72. The smallest absolute Gasteiger partial charge is 0.231 e. The maximum atomic E-state index is 5.45. The van der Waals surface area contributed by atoms with Crippen LogP contribution >= 0.6 is 11.8 Å². The summed E-state index contributed by atoms with van der Waals surface area (Å²) in [5.41, 5.74) is 4.60. The molecule has 0 unspecified atom stereocenters. The number of hydrogen-bond acceptors (Lipinski definition) is 9. The van der Waals surface area contributed by atoms with Crippen molar-refractivity contribution in [2.24, 2.45) is 0 Å². The molecule has 34 heavy (non-hydrogen) atoms. The van der Waals surface area contributed by atoms with E-state index < -0.39 is 0 Å². The van der Waals surface area contributed by atoms with Crippen LogP contribution in [0.4, 0.5) is 28.8 Å². The number of morpholine rings is 1. The van der Waals surface area contributed by atoms with Crippen molar-refractivity contribution in [1.29, 1.82) is 0 Å². The van der Waals surface area contributed by atoms with Crippen molar-refractivity contribution < 1.29 is 4.74 Å². The van der Waals surface area contributed by atoms with Crippen molar-refractivity contribution in [3.05, 3.63) is 48.7 Å². The van der Waals surface area contributed by atoms with E-state index in [1.807, 2.05) is 36.6 Å². The number of rotatable bonds is 6. The van der Waals surface area contributed by atoms with Gasteiger partial charge in [0.2, 0.25) is 5.95 Å². The summed E-state index contributed by atoms with van der Waals surface area (Å²) in [5.74, 6) is 1.16. The van der Waals surface area contributed by atoms with Gasteiger partial charge in [0, 0.05) is 35.5 Å². The van der Waals surface area contributed by atoms with Crippen LogP contribution < -0.4 is 15.5 Å². The highest BCUT2D eigenvalue weighted by molar-refractivity contribution is 7.98. The van der Waals surface area contributed by atoms with Crippen LogP contribution in [0.2, 0.25) is 0 Å². The monoisotopic (exact) mass is 473 g/mol. The average Bonchev–Trinajstić information content (AvgIpc) is 3.51. The minimum absolute atomic E-state index is 0.480. The van der Waals surface area contributed by atoms with Crippen LogP contribution in [0.15, 0.2) is 53.7 Å². The first-order chi connectivity index (χ1) is 16.8. The molecule has 1 saturated heterocycles. The molecule has 0 bridgehead atoms. The first-order valence-electron chi connectivity index (χ1n) is 11.0. The van der Waals surface area contributed by atoms with Crippen molar-refractivity contribution in [2.75, 3.05) is 48.1 Å². The molecule has 1 aliphatic rings. The lowest BCUT2D eigenvalue weighted by atomic mass is 10.2. The summed E-state index contributed by atoms with van der Waals surface area (Å²) in [6.07, 6.45) is 3.79. The van der Waals surface area contributed by atoms with E-state index in [1.165, 1.54) is 5.69 Å². The molecular formula is C23H23N9OS. The molecule has 3 aromatic heterocycles. The van der Waals surface area contributed by atoms with Crippen LogP contribution in [0.3, 0.4) is 0 Å². The Balaban J connectivity index is 1.31. The van der Waals surface area contributed by atoms with E-state index in [2.05, 4.69) is 53.0 Å². The molecule has 11 heteroatoms. The molecule has 0 atom stereocenters. The summed E-state index contributed by atoms with van der Waals surface area (Å²) in [6, 6.07) is 14.3. The number of thioether (sulfide) groups is 1. The molecule has 1 aliphatic heterocycles. The zero-order valence-electron chi connectivity index (χ0n) is 18.5. The van der Waals surface area contributed by atoms with Crippen LogP contribution in [0.5, 0.6) is 0 Å². The number of aromatic nitrogens is 6. The summed E-state index contributed by atoms with van der Waals surface area (Å²) in [5, 5.41) is 24.0. The van der Waals surface area contributed by atoms with Crippen molar-refractivity contribution in [1.82, 2.24) is 30.4 Å². The minimum Gasteiger partial charge on any atom is -0.378 e. The SMILES string of the molecule is CSc1n[nH]c2nc(Nc3ccc(N4CCOCC4)cc3)nc(Nc3ccc4cn[nH]c4c3)c12. The van der Waals surface area contributed by atoms with Crippen molar-refractivity contribution in [3.63, 3.8) is 0 Å². The molecule has 4 N–H and O–H groups in total. The van der Waals surface area contributed by atoms with Gasteiger partial charge in [0.05, 0.1) is 30.3 Å². The van der Waals surface area contributed by atoms with Crippen molar-refractivity contribution in [3.8, 4) is 0 Å². The molecule has 0 amide bonds. The lowest BCUT2D eigenvalue weighted by Gasteiger charge is -2.28. The van der Waals surface area contributed by atoms with Crippen molar-refractivity contribution >= 4 is 62.5 Å². The summed E-state index contributed by atoms with van der Waals surface area (Å²) in [6.45, 7) is 3.34. The summed E-state index contributed by atoms with van der Waals surface area (Å²) in [4.78, 5) is 11.8. The molecular weight excluding hydrogens is 450 g/mol. The van der Waals surface area contributed by atoms with Crippen LogP contribution in [0.25, 0.3) is 21.9 Å². The fraction of sp³-hybridized carbons (Fsp3) is 0.217. The number of fused-ring (bicyclic) bond motifs is 2. The Kier molecular flexibility index (Phi) is 5.40. The Morgan fingerprint density at radius 1 is 0.971 bits per heavy atom. The average molecular weight is 474 g/mol. The molecule has 0 aliphatic carbocycles. The van der Waals surface area contributed by atoms with Gasteiger partial charge in [-0.3, -0.25) is 10.2 Å². The van der Waals surface area contributed by atoms with Crippen LogP contribution in [-0.4, -0.2) is 62.9 Å². The topological polar surface area (TPSA) is 120 Å². The lowest BCUT2D eigenvalue weighted by molar-refractivity contribution is 0.122. The van der Waals surface area contributed by atoms with E-state index in [-0.39, 0.29) is 0 Å². The largest absolute Gasteiger partial charge is 0.378 e. The predicted molar refractivity (Wildman–Crippen MR) is 136 cm³/mol. The fourth-order valence-corrected chi connectivity index (χ4v) is 4.59. The molecule has 5 aromatic rings. The molecule has 0 spiro atoms. The summed E-state index contributed by atoms with van der Waals surface area (Å²) >= 11 is 1.55. The number of benzene rings is 2. The molecule has 0 saturated carbocycles. The molecule has 0 radical (unpaired) electrons. The van der Waals surface area contributed by atoms with Gasteiger partial charge in [-0.2, -0.15) is 20.2 Å². The number of nitrogens with zero attached hydrogens (tertiary/aromatic N) is 5. The van der Waals surface area contributed by atoms with E-state index >= 15 is 0 Å². The lowest BCUT2D eigenvalue weighted by Crippen LogP contribution is -2.36. The second-order valence-electron chi connectivity index (χ2n) is 7.92. The number of ether oxygens (including phenoxy) is 1. The maximum Gasteiger partial charge on any atom is 0.231 e. The van der Waals surface area contributed by atoms with Gasteiger partial charge in [-0.25, -0.2) is 0 Å². The third-order valence-corrected chi connectivity index (χ3v) is 6.47. The number of anilines is 5. The molecule has 6 rings (SSSR count). The minimum atomic E-state index is 0.480. The van der Waals surface area contributed by atoms with Crippen molar-refractivity contribution in [2.45, 2.75) is 5.03 Å². The second kappa shape index (κ2) is 8.84. The Labute approximate surface area is 199 Å². The Hall–Kier alpha value is -3.83. The fourth-order valence-electron chi connectivity index (χ4n) is 4.06. The number of nitrogens with one attached hydrogen (secondary N) is 4. The Bertz CT molecular complexity index is 1440. The molecule has 1 fully saturated rings. The Morgan fingerprint density at radius 2 is 1.79 bits per heavy atom. The third kappa shape index (κ3) is 3.99. The van der Waals surface area contributed by atoms with Gasteiger partial charge in [-0.1, -0.05) is 0 Å². The Morgan fingerprint density at radius 3 is 2.62 bits per heavy atom. The number of hydrogen-bond donors (Lipinski definition) is 4. The van der Waals surface area contributed by atoms with E-state index in [4.69, 9.17) is 9.72 Å². The molecule has 172 valence electrons. The van der Waals surface area contributed by atoms with Crippen LogP contribution in [0, 0.1) is 0 Å². The third-order valence-electron chi connectivity index (χ3n) is 5.78. The highest BCUT2D eigenvalue weighted by Gasteiger charge is 2.16. The zero-order chi connectivity index (χ0) is 22.9. The van der Waals surface area contributed by atoms with E-state index in [1.54, 1.807) is 18.0 Å². The van der Waals surface area contributed by atoms with Gasteiger partial charge in [0.15, 0.2) is 5.65 Å². The van der Waals surface area contributed by atoms with Gasteiger partial charge in [-0.15, -0.1) is 11.8 Å². The van der Waals surface area contributed by atoms with Crippen LogP contribution in [-0.2, 0) is 4.74 Å². The highest BCUT2D eigenvalue weighted by Crippen LogP contribution is 2.32. The predicted octanol–water partition coefficient (Wildman–Crippen LogP) is 4.27. The number of aromatic amines is 2. The first-order valence-corrected chi connectivity index (χ1v) is 12.2. The summed E-state index contributed by atoms with van der Waals surface area (Å²) in [7, 11) is 0. The van der Waals surface area contributed by atoms with Gasteiger partial charge in [0.1, 0.15) is 10.8 Å².